The number of nitrogens with zero attached hydrogens (tertiary/aromatic N) is 3. The Hall–Kier alpha value is -3.68. The fourth-order valence-corrected chi connectivity index (χ4v) is 3.47. The lowest BCUT2D eigenvalue weighted by molar-refractivity contribution is -0.121. The number of aryl methyl sites for hydroxylation is 1. The number of carbonyl (C=O) groups excluding carboxylic acids is 3. The summed E-state index contributed by atoms with van der Waals surface area (Å²) in [4.78, 5) is 50.2. The van der Waals surface area contributed by atoms with Gasteiger partial charge in [0, 0.05) is 20.1 Å². The largest absolute Gasteiger partial charge is 0.353 e. The molecule has 0 radical (unpaired) electrons. The van der Waals surface area contributed by atoms with Crippen LogP contribution in [0, 0.1) is 0 Å². The second-order valence-corrected chi connectivity index (χ2v) is 6.57. The number of hydrogen-bond donors (Lipinski definition) is 1. The van der Waals surface area contributed by atoms with Crippen molar-refractivity contribution in [3.63, 3.8) is 0 Å². The third-order valence-corrected chi connectivity index (χ3v) is 4.89. The molecule has 1 aliphatic heterocycles. The first-order valence-corrected chi connectivity index (χ1v) is 8.85. The SMILES string of the molecule is Cn1c(=O)n(CCNC(=O)CN2C(=O)c3ccccc3C2=O)c2ccccc21. The number of amides is 3. The number of imidazole rings is 1. The first-order valence-electron chi connectivity index (χ1n) is 8.85. The minimum atomic E-state index is -0.471. The summed E-state index contributed by atoms with van der Waals surface area (Å²) in [5.74, 6) is -1.40. The van der Waals surface area contributed by atoms with E-state index in [1.54, 1.807) is 40.4 Å². The minimum absolute atomic E-state index is 0.171. The number of nitrogens with one attached hydrogen (secondary N) is 1. The molecule has 1 aliphatic rings. The smallest absolute Gasteiger partial charge is 0.328 e. The Labute approximate surface area is 160 Å². The maximum Gasteiger partial charge on any atom is 0.328 e. The molecule has 0 aliphatic carbocycles. The molecule has 3 amide bonds. The molecular formula is C20H18N4O4. The highest BCUT2D eigenvalue weighted by Crippen LogP contribution is 2.21. The first-order chi connectivity index (χ1) is 13.5. The number of benzene rings is 2. The fourth-order valence-electron chi connectivity index (χ4n) is 3.47. The van der Waals surface area contributed by atoms with Crippen LogP contribution in [0.1, 0.15) is 20.7 Å². The van der Waals surface area contributed by atoms with Gasteiger partial charge in [0.15, 0.2) is 0 Å². The van der Waals surface area contributed by atoms with Crippen molar-refractivity contribution in [3.05, 3.63) is 70.1 Å². The Balaban J connectivity index is 1.40. The summed E-state index contributed by atoms with van der Waals surface area (Å²) in [5, 5.41) is 2.67. The van der Waals surface area contributed by atoms with Crippen LogP contribution in [-0.4, -0.2) is 44.8 Å². The number of rotatable bonds is 5. The van der Waals surface area contributed by atoms with E-state index in [9.17, 15) is 19.2 Å². The monoisotopic (exact) mass is 378 g/mol. The molecule has 2 aromatic carbocycles. The molecule has 8 nitrogen and oxygen atoms in total. The van der Waals surface area contributed by atoms with Crippen molar-refractivity contribution in [2.24, 2.45) is 7.05 Å². The van der Waals surface area contributed by atoms with Crippen LogP contribution in [-0.2, 0) is 18.4 Å². The van der Waals surface area contributed by atoms with E-state index < -0.39 is 17.7 Å². The van der Waals surface area contributed by atoms with Gasteiger partial charge < -0.3 is 5.32 Å². The van der Waals surface area contributed by atoms with E-state index in [0.29, 0.717) is 11.1 Å². The van der Waals surface area contributed by atoms with E-state index >= 15 is 0 Å². The number of hydrogen-bond acceptors (Lipinski definition) is 4. The summed E-state index contributed by atoms with van der Waals surface area (Å²) in [6, 6.07) is 13.9. The van der Waals surface area contributed by atoms with Gasteiger partial charge in [-0.3, -0.25) is 28.4 Å². The summed E-state index contributed by atoms with van der Waals surface area (Å²) < 4.78 is 3.13. The zero-order valence-electron chi connectivity index (χ0n) is 15.2. The van der Waals surface area contributed by atoms with Crippen LogP contribution in [0.25, 0.3) is 11.0 Å². The van der Waals surface area contributed by atoms with Gasteiger partial charge in [-0.1, -0.05) is 24.3 Å². The van der Waals surface area contributed by atoms with E-state index in [1.807, 2.05) is 24.3 Å². The van der Waals surface area contributed by atoms with Crippen LogP contribution in [0.4, 0.5) is 0 Å². The molecule has 0 unspecified atom stereocenters. The Morgan fingerprint density at radius 2 is 1.46 bits per heavy atom. The van der Waals surface area contributed by atoms with Crippen molar-refractivity contribution in [2.45, 2.75) is 6.54 Å². The van der Waals surface area contributed by atoms with Crippen molar-refractivity contribution in [3.8, 4) is 0 Å². The van der Waals surface area contributed by atoms with Gasteiger partial charge in [0.1, 0.15) is 6.54 Å². The minimum Gasteiger partial charge on any atom is -0.353 e. The second-order valence-electron chi connectivity index (χ2n) is 6.57. The zero-order chi connectivity index (χ0) is 19.8. The van der Waals surface area contributed by atoms with Gasteiger partial charge >= 0.3 is 5.69 Å². The van der Waals surface area contributed by atoms with Crippen LogP contribution >= 0.6 is 0 Å². The predicted octanol–water partition coefficient (Wildman–Crippen LogP) is 0.752. The first kappa shape index (κ1) is 17.7. The molecule has 0 bridgehead atoms. The molecule has 3 aromatic rings. The van der Waals surface area contributed by atoms with Crippen molar-refractivity contribution in [2.75, 3.05) is 13.1 Å². The maximum absolute atomic E-state index is 12.4. The molecule has 28 heavy (non-hydrogen) atoms. The van der Waals surface area contributed by atoms with E-state index in [-0.39, 0.29) is 25.3 Å². The van der Waals surface area contributed by atoms with Crippen molar-refractivity contribution < 1.29 is 14.4 Å². The molecule has 0 saturated carbocycles. The lowest BCUT2D eigenvalue weighted by Crippen LogP contribution is -2.41. The molecule has 1 N–H and O–H groups in total. The predicted molar refractivity (Wildman–Crippen MR) is 102 cm³/mol. The van der Waals surface area contributed by atoms with Crippen LogP contribution in [0.3, 0.4) is 0 Å². The second kappa shape index (κ2) is 6.80. The van der Waals surface area contributed by atoms with E-state index in [1.165, 1.54) is 0 Å². The van der Waals surface area contributed by atoms with Crippen molar-refractivity contribution in [1.29, 1.82) is 0 Å². The third-order valence-electron chi connectivity index (χ3n) is 4.89. The standard InChI is InChI=1S/C20H18N4O4/c1-22-15-8-4-5-9-16(15)23(20(22)28)11-10-21-17(25)12-24-18(26)13-6-2-3-7-14(13)19(24)27/h2-9H,10-12H2,1H3,(H,21,25). The van der Waals surface area contributed by atoms with E-state index in [4.69, 9.17) is 0 Å². The topological polar surface area (TPSA) is 93.4 Å². The summed E-state index contributed by atoms with van der Waals surface area (Å²) in [6.07, 6.45) is 0. The number of fused-ring (bicyclic) bond motifs is 2. The Kier molecular flexibility index (Phi) is 4.31. The van der Waals surface area contributed by atoms with E-state index in [2.05, 4.69) is 5.32 Å². The van der Waals surface area contributed by atoms with Crippen LogP contribution in [0.5, 0.6) is 0 Å². The number of carbonyl (C=O) groups is 3. The summed E-state index contributed by atoms with van der Waals surface area (Å²) >= 11 is 0. The highest BCUT2D eigenvalue weighted by atomic mass is 16.2. The molecule has 1 aromatic heterocycles. The van der Waals surface area contributed by atoms with Gasteiger partial charge in [0.25, 0.3) is 11.8 Å². The Morgan fingerprint density at radius 1 is 0.893 bits per heavy atom. The summed E-state index contributed by atoms with van der Waals surface area (Å²) in [6.45, 7) is 0.140. The molecule has 142 valence electrons. The maximum atomic E-state index is 12.4. The lowest BCUT2D eigenvalue weighted by Gasteiger charge is -2.13. The van der Waals surface area contributed by atoms with Gasteiger partial charge in [0.05, 0.1) is 22.2 Å². The molecule has 0 saturated heterocycles. The van der Waals surface area contributed by atoms with Gasteiger partial charge in [-0.15, -0.1) is 0 Å². The Bertz CT molecular complexity index is 1140. The quantitative estimate of drug-likeness (QED) is 0.663. The molecule has 0 atom stereocenters. The molecule has 2 heterocycles. The number of imide groups is 1. The zero-order valence-corrected chi connectivity index (χ0v) is 15.2. The van der Waals surface area contributed by atoms with Gasteiger partial charge in [-0.05, 0) is 24.3 Å². The summed E-state index contributed by atoms with van der Waals surface area (Å²) in [5.41, 5.74) is 2.04. The molecule has 4 rings (SSSR count). The summed E-state index contributed by atoms with van der Waals surface area (Å²) in [7, 11) is 1.70. The van der Waals surface area contributed by atoms with Gasteiger partial charge in [0.2, 0.25) is 5.91 Å². The fraction of sp³-hybridized carbons (Fsp3) is 0.200. The van der Waals surface area contributed by atoms with Crippen LogP contribution in [0.15, 0.2) is 53.3 Å². The third kappa shape index (κ3) is 2.79. The average Bonchev–Trinajstić information content (AvgIpc) is 3.09. The van der Waals surface area contributed by atoms with Crippen LogP contribution < -0.4 is 11.0 Å². The molecule has 8 heteroatoms. The highest BCUT2D eigenvalue weighted by Gasteiger charge is 2.36. The molecular weight excluding hydrogens is 360 g/mol. The highest BCUT2D eigenvalue weighted by molar-refractivity contribution is 6.22. The van der Waals surface area contributed by atoms with E-state index in [0.717, 1.165) is 15.9 Å². The van der Waals surface area contributed by atoms with Crippen molar-refractivity contribution >= 4 is 28.8 Å². The molecule has 0 spiro atoms. The lowest BCUT2D eigenvalue weighted by atomic mass is 10.1. The average molecular weight is 378 g/mol. The van der Waals surface area contributed by atoms with Gasteiger partial charge in [-0.25, -0.2) is 4.79 Å². The normalized spacial score (nSPS) is 13.2. The number of para-hydroxylation sites is 2. The van der Waals surface area contributed by atoms with Gasteiger partial charge in [-0.2, -0.15) is 0 Å². The molecule has 0 fully saturated rings. The Morgan fingerprint density at radius 3 is 2.11 bits per heavy atom. The van der Waals surface area contributed by atoms with Crippen LogP contribution in [0.2, 0.25) is 0 Å². The number of aromatic nitrogens is 2. The van der Waals surface area contributed by atoms with Crippen molar-refractivity contribution in [1.82, 2.24) is 19.4 Å².